The highest BCUT2D eigenvalue weighted by Gasteiger charge is 2.30. The third-order valence-corrected chi connectivity index (χ3v) is 4.90. The second-order valence-electron chi connectivity index (χ2n) is 5.55. The minimum atomic E-state index is -3.68. The molecule has 1 aliphatic heterocycles. The number of hydrogen-bond acceptors (Lipinski definition) is 6. The molecule has 0 saturated heterocycles. The Labute approximate surface area is 147 Å². The van der Waals surface area contributed by atoms with E-state index in [4.69, 9.17) is 9.47 Å². The molecule has 0 atom stereocenters. The van der Waals surface area contributed by atoms with Crippen LogP contribution < -0.4 is 5.32 Å². The summed E-state index contributed by atoms with van der Waals surface area (Å²) in [4.78, 5) is 13.7. The number of sulfonamides is 1. The van der Waals surface area contributed by atoms with Crippen molar-refractivity contribution in [3.8, 4) is 0 Å². The van der Waals surface area contributed by atoms with Gasteiger partial charge in [0.15, 0.2) is 5.84 Å². The van der Waals surface area contributed by atoms with Crippen LogP contribution in [0.1, 0.15) is 12.0 Å². The predicted octanol–water partition coefficient (Wildman–Crippen LogP) is 0.237. The minimum Gasteiger partial charge on any atom is -0.382 e. The number of nitrogens with zero attached hydrogens (tertiary/aromatic N) is 2. The molecule has 0 aliphatic carbocycles. The molecule has 0 bridgehead atoms. The highest BCUT2D eigenvalue weighted by Crippen LogP contribution is 2.26. The first-order chi connectivity index (χ1) is 12.0. The number of rotatable bonds is 9. The fourth-order valence-electron chi connectivity index (χ4n) is 2.36. The van der Waals surface area contributed by atoms with Crippen molar-refractivity contribution in [2.45, 2.75) is 11.3 Å². The van der Waals surface area contributed by atoms with Crippen molar-refractivity contribution in [1.82, 2.24) is 10.2 Å². The summed E-state index contributed by atoms with van der Waals surface area (Å²) < 4.78 is 38.0. The van der Waals surface area contributed by atoms with Crippen molar-refractivity contribution in [3.05, 3.63) is 29.8 Å². The van der Waals surface area contributed by atoms with Crippen LogP contribution in [0.15, 0.2) is 33.6 Å². The average Bonchev–Trinajstić information content (AvgIpc) is 2.86. The minimum absolute atomic E-state index is 0.0211. The number of nitrogens with one attached hydrogen (secondary N) is 1. The lowest BCUT2D eigenvalue weighted by Crippen LogP contribution is -2.38. The summed E-state index contributed by atoms with van der Waals surface area (Å²) in [5.41, 5.74) is 0.518. The molecule has 1 N–H and O–H groups in total. The maximum Gasteiger partial charge on any atom is 0.285 e. The molecule has 0 spiro atoms. The first-order valence-corrected chi connectivity index (χ1v) is 9.38. The summed E-state index contributed by atoms with van der Waals surface area (Å²) in [5, 5.41) is 2.78. The third-order valence-electron chi connectivity index (χ3n) is 3.57. The van der Waals surface area contributed by atoms with Gasteiger partial charge in [0.05, 0.1) is 19.8 Å². The van der Waals surface area contributed by atoms with Gasteiger partial charge in [-0.25, -0.2) is 0 Å². The van der Waals surface area contributed by atoms with Gasteiger partial charge in [0.25, 0.3) is 10.0 Å². The highest BCUT2D eigenvalue weighted by molar-refractivity contribution is 7.90. The molecule has 1 aromatic rings. The Morgan fingerprint density at radius 2 is 2.00 bits per heavy atom. The molecule has 138 valence electrons. The molecular weight excluding hydrogens is 346 g/mol. The largest absolute Gasteiger partial charge is 0.382 e. The zero-order valence-electron chi connectivity index (χ0n) is 14.4. The number of carbonyl (C=O) groups is 1. The second kappa shape index (κ2) is 8.93. The zero-order chi connectivity index (χ0) is 18.3. The molecule has 1 aliphatic rings. The number of hydrogen-bond donors (Lipinski definition) is 1. The third kappa shape index (κ3) is 5.25. The van der Waals surface area contributed by atoms with E-state index >= 15 is 0 Å². The molecule has 0 aromatic heterocycles. The van der Waals surface area contributed by atoms with E-state index in [1.807, 2.05) is 0 Å². The van der Waals surface area contributed by atoms with Crippen LogP contribution in [0, 0.1) is 0 Å². The SMILES string of the molecule is COCCOCCCNC(=O)CN(C)C1=NS(=O)(=O)c2ccccc21. The van der Waals surface area contributed by atoms with Gasteiger partial charge in [0, 0.05) is 32.9 Å². The number of likely N-dealkylation sites (N-methyl/N-ethyl adjacent to an activating group) is 1. The van der Waals surface area contributed by atoms with Gasteiger partial charge in [-0.05, 0) is 18.6 Å². The van der Waals surface area contributed by atoms with Crippen molar-refractivity contribution >= 4 is 21.8 Å². The van der Waals surface area contributed by atoms with E-state index in [0.717, 1.165) is 0 Å². The Bertz CT molecular complexity index is 733. The molecule has 0 saturated carbocycles. The first-order valence-electron chi connectivity index (χ1n) is 7.94. The smallest absolute Gasteiger partial charge is 0.285 e. The van der Waals surface area contributed by atoms with Gasteiger partial charge in [-0.15, -0.1) is 4.40 Å². The Morgan fingerprint density at radius 1 is 1.24 bits per heavy atom. The average molecular weight is 369 g/mol. The van der Waals surface area contributed by atoms with Gasteiger partial charge in [0.1, 0.15) is 4.90 Å². The quantitative estimate of drug-likeness (QED) is 0.626. The van der Waals surface area contributed by atoms with Gasteiger partial charge >= 0.3 is 0 Å². The Kier molecular flexibility index (Phi) is 6.91. The van der Waals surface area contributed by atoms with Gasteiger partial charge in [-0.2, -0.15) is 8.42 Å². The van der Waals surface area contributed by atoms with E-state index in [1.165, 1.54) is 11.0 Å². The highest BCUT2D eigenvalue weighted by atomic mass is 32.2. The summed E-state index contributed by atoms with van der Waals surface area (Å²) in [6.07, 6.45) is 0.692. The first kappa shape index (κ1) is 19.4. The van der Waals surface area contributed by atoms with Crippen molar-refractivity contribution in [2.75, 3.05) is 47.1 Å². The van der Waals surface area contributed by atoms with Gasteiger partial charge in [0.2, 0.25) is 5.91 Å². The van der Waals surface area contributed by atoms with E-state index in [2.05, 4.69) is 9.71 Å². The number of methoxy groups -OCH3 is 1. The lowest BCUT2D eigenvalue weighted by atomic mass is 10.2. The van der Waals surface area contributed by atoms with E-state index in [-0.39, 0.29) is 23.2 Å². The summed E-state index contributed by atoms with van der Waals surface area (Å²) in [6.45, 7) is 2.12. The van der Waals surface area contributed by atoms with Crippen molar-refractivity contribution < 1.29 is 22.7 Å². The van der Waals surface area contributed by atoms with Gasteiger partial charge in [-0.1, -0.05) is 12.1 Å². The summed E-state index contributed by atoms with van der Waals surface area (Å²) >= 11 is 0. The van der Waals surface area contributed by atoms with Crippen LogP contribution in [-0.4, -0.2) is 72.1 Å². The molecule has 9 heteroatoms. The van der Waals surface area contributed by atoms with Crippen LogP contribution >= 0.6 is 0 Å². The Balaban J connectivity index is 1.80. The van der Waals surface area contributed by atoms with Crippen molar-refractivity contribution in [2.24, 2.45) is 4.40 Å². The van der Waals surface area contributed by atoms with E-state index in [1.54, 1.807) is 32.4 Å². The number of amidine groups is 1. The molecule has 0 fully saturated rings. The number of carbonyl (C=O) groups excluding carboxylic acids is 1. The van der Waals surface area contributed by atoms with E-state index in [9.17, 15) is 13.2 Å². The molecular formula is C16H23N3O5S. The van der Waals surface area contributed by atoms with Crippen LogP contribution in [0.25, 0.3) is 0 Å². The van der Waals surface area contributed by atoms with Crippen LogP contribution in [0.4, 0.5) is 0 Å². The number of ether oxygens (including phenoxy) is 2. The monoisotopic (exact) mass is 369 g/mol. The van der Waals surface area contributed by atoms with Gasteiger partial charge < -0.3 is 19.7 Å². The maximum absolute atomic E-state index is 12.0. The molecule has 1 heterocycles. The standard InChI is InChI=1S/C16H23N3O5S/c1-19(12-15(20)17-8-5-9-24-11-10-23-2)16-13-6-3-4-7-14(13)25(21,22)18-16/h3-4,6-7H,5,8-12H2,1-2H3,(H,17,20). The molecule has 2 rings (SSSR count). The van der Waals surface area contributed by atoms with Crippen molar-refractivity contribution in [3.63, 3.8) is 0 Å². The molecule has 25 heavy (non-hydrogen) atoms. The van der Waals surface area contributed by atoms with Crippen LogP contribution in [0.3, 0.4) is 0 Å². The lowest BCUT2D eigenvalue weighted by molar-refractivity contribution is -0.121. The lowest BCUT2D eigenvalue weighted by Gasteiger charge is -2.18. The maximum atomic E-state index is 12.0. The van der Waals surface area contributed by atoms with Crippen LogP contribution in [0.5, 0.6) is 0 Å². The fraction of sp³-hybridized carbons (Fsp3) is 0.500. The fourth-order valence-corrected chi connectivity index (χ4v) is 3.61. The number of amides is 1. The molecule has 1 aromatic carbocycles. The van der Waals surface area contributed by atoms with E-state index < -0.39 is 10.0 Å². The molecule has 1 amide bonds. The number of fused-ring (bicyclic) bond motifs is 1. The topological polar surface area (TPSA) is 97.3 Å². The molecule has 0 radical (unpaired) electrons. The zero-order valence-corrected chi connectivity index (χ0v) is 15.2. The summed E-state index contributed by atoms with van der Waals surface area (Å²) in [6, 6.07) is 6.59. The predicted molar refractivity (Wildman–Crippen MR) is 93.1 cm³/mol. The van der Waals surface area contributed by atoms with Crippen molar-refractivity contribution in [1.29, 1.82) is 0 Å². The Hall–Kier alpha value is -1.97. The van der Waals surface area contributed by atoms with Crippen LogP contribution in [0.2, 0.25) is 0 Å². The second-order valence-corrected chi connectivity index (χ2v) is 7.12. The van der Waals surface area contributed by atoms with E-state index in [0.29, 0.717) is 38.3 Å². The molecule has 8 nitrogen and oxygen atoms in total. The Morgan fingerprint density at radius 3 is 2.76 bits per heavy atom. The van der Waals surface area contributed by atoms with Crippen LogP contribution in [-0.2, 0) is 24.3 Å². The molecule has 0 unspecified atom stereocenters. The normalized spacial score (nSPS) is 14.7. The van der Waals surface area contributed by atoms with Gasteiger partial charge in [-0.3, -0.25) is 4.79 Å². The summed E-state index contributed by atoms with van der Waals surface area (Å²) in [7, 11) is -0.428. The number of benzene rings is 1. The summed E-state index contributed by atoms with van der Waals surface area (Å²) in [5.74, 6) is 0.0810.